The quantitative estimate of drug-likeness (QED) is 0.608. The van der Waals surface area contributed by atoms with Crippen LogP contribution in [0.15, 0.2) is 0 Å². The first-order valence-corrected chi connectivity index (χ1v) is 11.2. The van der Waals surface area contributed by atoms with Crippen LogP contribution in [0.25, 0.3) is 0 Å². The summed E-state index contributed by atoms with van der Waals surface area (Å²) < 4.78 is 4.91. The number of hydrogen-bond acceptors (Lipinski definition) is 0. The van der Waals surface area contributed by atoms with Crippen molar-refractivity contribution in [2.45, 2.75) is 59.8 Å². The van der Waals surface area contributed by atoms with Crippen LogP contribution in [0.5, 0.6) is 0 Å². The van der Waals surface area contributed by atoms with E-state index in [4.69, 9.17) is 0 Å². The largest absolute Gasteiger partial charge is 1.00 e. The molecule has 0 aromatic rings. The van der Waals surface area contributed by atoms with Crippen LogP contribution in [0.4, 0.5) is 0 Å². The first-order chi connectivity index (χ1) is 5.35. The Morgan fingerprint density at radius 2 is 1.25 bits per heavy atom. The van der Waals surface area contributed by atoms with Gasteiger partial charge in [-0.25, -0.2) is 0 Å². The van der Waals surface area contributed by atoms with Gasteiger partial charge in [0.25, 0.3) is 0 Å². The SMILES string of the molecule is CCC[CH2][Sn+]([CH2]C)[CH2]CCC.[Br-]. The Bertz CT molecular complexity index is 68.2. The average molecular weight is 342 g/mol. The van der Waals surface area contributed by atoms with Gasteiger partial charge in [0.1, 0.15) is 0 Å². The molecule has 12 heavy (non-hydrogen) atoms. The molecule has 0 spiro atoms. The first-order valence-electron chi connectivity index (χ1n) is 5.18. The van der Waals surface area contributed by atoms with Crippen molar-refractivity contribution < 1.29 is 17.0 Å². The van der Waals surface area contributed by atoms with Crippen molar-refractivity contribution in [3.8, 4) is 0 Å². The summed E-state index contributed by atoms with van der Waals surface area (Å²) in [5.74, 6) is 0. The summed E-state index contributed by atoms with van der Waals surface area (Å²) in [4.78, 5) is 0. The van der Waals surface area contributed by atoms with Crippen molar-refractivity contribution >= 4 is 19.8 Å². The molecular weight excluding hydrogens is 319 g/mol. The Kier molecular flexibility index (Phi) is 16.1. The van der Waals surface area contributed by atoms with Crippen LogP contribution in [0, 0.1) is 0 Å². The van der Waals surface area contributed by atoms with Crippen LogP contribution in [-0.2, 0) is 0 Å². The molecule has 2 heteroatoms. The minimum absolute atomic E-state index is 0. The predicted molar refractivity (Wildman–Crippen MR) is 55.7 cm³/mol. The molecule has 0 nitrogen and oxygen atoms in total. The smallest absolute Gasteiger partial charge is 1.00 e. The molecule has 0 rings (SSSR count). The van der Waals surface area contributed by atoms with Gasteiger partial charge in [-0.1, -0.05) is 0 Å². The van der Waals surface area contributed by atoms with Crippen LogP contribution >= 0.6 is 0 Å². The Balaban J connectivity index is 0. The second kappa shape index (κ2) is 12.3. The number of unbranched alkanes of at least 4 members (excludes halogenated alkanes) is 2. The van der Waals surface area contributed by atoms with Gasteiger partial charge in [-0.05, 0) is 0 Å². The summed E-state index contributed by atoms with van der Waals surface area (Å²) >= 11 is -0.777. The normalized spacial score (nSPS) is 9.25. The molecule has 0 bridgehead atoms. The molecule has 0 aliphatic rings. The molecule has 0 amide bonds. The van der Waals surface area contributed by atoms with Gasteiger partial charge in [0.2, 0.25) is 0 Å². The van der Waals surface area contributed by atoms with Gasteiger partial charge >= 0.3 is 79.5 Å². The third-order valence-corrected chi connectivity index (χ3v) is 11.2. The molecule has 0 unspecified atom stereocenters. The molecule has 0 heterocycles. The van der Waals surface area contributed by atoms with Crippen molar-refractivity contribution in [1.29, 1.82) is 0 Å². The molecule has 0 aliphatic carbocycles. The number of rotatable bonds is 7. The fourth-order valence-electron chi connectivity index (χ4n) is 1.33. The van der Waals surface area contributed by atoms with E-state index in [1.54, 1.807) is 13.3 Å². The topological polar surface area (TPSA) is 0 Å². The Morgan fingerprint density at radius 1 is 0.833 bits per heavy atom. The van der Waals surface area contributed by atoms with E-state index in [0.717, 1.165) is 0 Å². The zero-order chi connectivity index (χ0) is 8.53. The van der Waals surface area contributed by atoms with Crippen LogP contribution in [0.3, 0.4) is 0 Å². The third-order valence-electron chi connectivity index (χ3n) is 2.27. The molecule has 0 aliphatic heterocycles. The molecule has 0 aromatic carbocycles. The van der Waals surface area contributed by atoms with E-state index in [1.165, 1.54) is 25.7 Å². The summed E-state index contributed by atoms with van der Waals surface area (Å²) in [5, 5.41) is 0. The van der Waals surface area contributed by atoms with Crippen molar-refractivity contribution in [2.24, 2.45) is 0 Å². The maximum absolute atomic E-state index is 2.42. The van der Waals surface area contributed by atoms with E-state index in [1.807, 2.05) is 0 Å². The third kappa shape index (κ3) is 9.37. The van der Waals surface area contributed by atoms with Crippen molar-refractivity contribution in [1.82, 2.24) is 0 Å². The Labute approximate surface area is 96.0 Å². The van der Waals surface area contributed by atoms with E-state index < -0.39 is 19.8 Å². The fraction of sp³-hybridized carbons (Fsp3) is 1.00. The molecule has 0 fully saturated rings. The van der Waals surface area contributed by atoms with Gasteiger partial charge in [0.05, 0.1) is 0 Å². The zero-order valence-electron chi connectivity index (χ0n) is 8.83. The van der Waals surface area contributed by atoms with Crippen molar-refractivity contribution in [3.63, 3.8) is 0 Å². The van der Waals surface area contributed by atoms with E-state index in [9.17, 15) is 0 Å². The van der Waals surface area contributed by atoms with Gasteiger partial charge in [-0.2, -0.15) is 0 Å². The molecule has 0 saturated heterocycles. The van der Waals surface area contributed by atoms with E-state index in [2.05, 4.69) is 20.8 Å². The van der Waals surface area contributed by atoms with Gasteiger partial charge in [0.15, 0.2) is 0 Å². The second-order valence-corrected chi connectivity index (χ2v) is 12.5. The first kappa shape index (κ1) is 15.7. The molecule has 0 saturated carbocycles. The minimum atomic E-state index is -0.777. The predicted octanol–water partition coefficient (Wildman–Crippen LogP) is 1.11. The minimum Gasteiger partial charge on any atom is -1.00 e. The van der Waals surface area contributed by atoms with Gasteiger partial charge in [-0.15, -0.1) is 0 Å². The maximum Gasteiger partial charge on any atom is -1.00 e. The molecule has 0 aromatic heterocycles. The van der Waals surface area contributed by atoms with Crippen LogP contribution in [0.1, 0.15) is 46.5 Å². The van der Waals surface area contributed by atoms with E-state index >= 15 is 0 Å². The molecular formula is C10H23BrSn. The standard InChI is InChI=1S/2C4H9.C2H5.BrH.Sn/c2*1-3-4-2;1-2;;/h2*1,3-4H2,2H3;1H2,2H3;1H;/q;;;;+1/p-1. The summed E-state index contributed by atoms with van der Waals surface area (Å²) in [6.45, 7) is 7.05. The van der Waals surface area contributed by atoms with Crippen LogP contribution in [-0.4, -0.2) is 19.8 Å². The van der Waals surface area contributed by atoms with Crippen molar-refractivity contribution in [2.75, 3.05) is 0 Å². The van der Waals surface area contributed by atoms with Crippen LogP contribution < -0.4 is 17.0 Å². The Morgan fingerprint density at radius 3 is 1.50 bits per heavy atom. The Hall–Kier alpha value is 1.28. The fourth-order valence-corrected chi connectivity index (χ4v) is 8.94. The summed E-state index contributed by atoms with van der Waals surface area (Å²) in [6, 6.07) is 0. The number of hydrogen-bond donors (Lipinski definition) is 0. The maximum atomic E-state index is 2.42. The van der Waals surface area contributed by atoms with Crippen molar-refractivity contribution in [3.05, 3.63) is 0 Å². The molecule has 74 valence electrons. The van der Waals surface area contributed by atoms with Gasteiger partial charge in [-0.3, -0.25) is 0 Å². The van der Waals surface area contributed by atoms with Gasteiger partial charge < -0.3 is 17.0 Å². The summed E-state index contributed by atoms with van der Waals surface area (Å²) in [7, 11) is 0. The molecule has 0 atom stereocenters. The average Bonchev–Trinajstić information content (AvgIpc) is 2.05. The monoisotopic (exact) mass is 342 g/mol. The molecule has 0 N–H and O–H groups in total. The van der Waals surface area contributed by atoms with Gasteiger partial charge in [0, 0.05) is 0 Å². The van der Waals surface area contributed by atoms with E-state index in [0.29, 0.717) is 0 Å². The summed E-state index contributed by atoms with van der Waals surface area (Å²) in [5.41, 5.74) is 0. The van der Waals surface area contributed by atoms with Crippen LogP contribution in [0.2, 0.25) is 13.3 Å². The molecule has 0 radical (unpaired) electrons. The van der Waals surface area contributed by atoms with E-state index in [-0.39, 0.29) is 17.0 Å². The number of halogens is 1. The summed E-state index contributed by atoms with van der Waals surface area (Å²) in [6.07, 6.45) is 5.87. The second-order valence-electron chi connectivity index (χ2n) is 3.31. The zero-order valence-corrected chi connectivity index (χ0v) is 13.3.